The third kappa shape index (κ3) is 1.42. The van der Waals surface area contributed by atoms with Gasteiger partial charge in [-0.3, -0.25) is 10.1 Å². The topological polar surface area (TPSA) is 87.2 Å². The predicted molar refractivity (Wildman–Crippen MR) is 44.2 cm³/mol. The molecule has 0 unspecified atom stereocenters. The first-order valence-corrected chi connectivity index (χ1v) is 3.45. The van der Waals surface area contributed by atoms with Crippen molar-refractivity contribution in [2.45, 2.75) is 6.92 Å². The minimum absolute atomic E-state index is 0.0926. The van der Waals surface area contributed by atoms with E-state index in [1.807, 2.05) is 0 Å². The van der Waals surface area contributed by atoms with E-state index in [4.69, 9.17) is 10.4 Å². The molecule has 0 aromatic heterocycles. The van der Waals surface area contributed by atoms with Crippen LogP contribution in [0.15, 0.2) is 12.1 Å². The van der Waals surface area contributed by atoms with Crippen molar-refractivity contribution in [2.24, 2.45) is 0 Å². The second kappa shape index (κ2) is 3.11. The van der Waals surface area contributed by atoms with Gasteiger partial charge in [-0.1, -0.05) is 0 Å². The molecule has 13 heavy (non-hydrogen) atoms. The molecule has 1 N–H and O–H groups in total. The maximum atomic E-state index is 10.4. The lowest BCUT2D eigenvalue weighted by atomic mass is 10.1. The summed E-state index contributed by atoms with van der Waals surface area (Å²) in [5, 5.41) is 28.2. The molecule has 0 aliphatic carbocycles. The van der Waals surface area contributed by atoms with Crippen LogP contribution in [0.5, 0.6) is 5.75 Å². The Morgan fingerprint density at radius 2 is 2.23 bits per heavy atom. The molecule has 0 heterocycles. The minimum Gasteiger partial charge on any atom is -0.508 e. The molecule has 0 saturated heterocycles. The zero-order valence-corrected chi connectivity index (χ0v) is 6.81. The van der Waals surface area contributed by atoms with Gasteiger partial charge >= 0.3 is 0 Å². The van der Waals surface area contributed by atoms with Crippen LogP contribution in [0.3, 0.4) is 0 Å². The standard InChI is InChI=1S/C8H6N2O3/c1-5-6(4-9)7(10(12)13)2-3-8(5)11/h2-3,11H,1H3. The van der Waals surface area contributed by atoms with Crippen LogP contribution in [-0.2, 0) is 0 Å². The summed E-state index contributed by atoms with van der Waals surface area (Å²) in [5.41, 5.74) is -0.139. The fourth-order valence-corrected chi connectivity index (χ4v) is 0.980. The fourth-order valence-electron chi connectivity index (χ4n) is 0.980. The SMILES string of the molecule is Cc1c(O)ccc([N+](=O)[O-])c1C#N. The summed E-state index contributed by atoms with van der Waals surface area (Å²) in [6.45, 7) is 1.46. The first-order valence-electron chi connectivity index (χ1n) is 3.45. The van der Waals surface area contributed by atoms with E-state index in [0.717, 1.165) is 6.07 Å². The van der Waals surface area contributed by atoms with Crippen LogP contribution in [0.1, 0.15) is 11.1 Å². The lowest BCUT2D eigenvalue weighted by molar-refractivity contribution is -0.385. The second-order valence-corrected chi connectivity index (χ2v) is 2.47. The summed E-state index contributed by atoms with van der Waals surface area (Å²) in [6.07, 6.45) is 0. The molecule has 5 nitrogen and oxygen atoms in total. The van der Waals surface area contributed by atoms with Crippen molar-refractivity contribution in [1.29, 1.82) is 5.26 Å². The van der Waals surface area contributed by atoms with Crippen molar-refractivity contribution >= 4 is 5.69 Å². The van der Waals surface area contributed by atoms with Gasteiger partial charge < -0.3 is 5.11 Å². The van der Waals surface area contributed by atoms with Gasteiger partial charge in [0, 0.05) is 11.6 Å². The van der Waals surface area contributed by atoms with E-state index in [0.29, 0.717) is 0 Å². The first-order chi connectivity index (χ1) is 6.07. The number of benzene rings is 1. The summed E-state index contributed by atoms with van der Waals surface area (Å²) in [7, 11) is 0. The van der Waals surface area contributed by atoms with Gasteiger partial charge in [0.05, 0.1) is 4.92 Å². The van der Waals surface area contributed by atoms with Crippen LogP contribution in [0.4, 0.5) is 5.69 Å². The van der Waals surface area contributed by atoms with E-state index in [2.05, 4.69) is 0 Å². The number of hydrogen-bond acceptors (Lipinski definition) is 4. The highest BCUT2D eigenvalue weighted by atomic mass is 16.6. The van der Waals surface area contributed by atoms with Gasteiger partial charge in [0.15, 0.2) is 0 Å². The quantitative estimate of drug-likeness (QED) is 0.521. The van der Waals surface area contributed by atoms with Crippen LogP contribution in [-0.4, -0.2) is 10.0 Å². The van der Waals surface area contributed by atoms with Gasteiger partial charge in [-0.25, -0.2) is 0 Å². The largest absolute Gasteiger partial charge is 0.508 e. The smallest absolute Gasteiger partial charge is 0.287 e. The Kier molecular flexibility index (Phi) is 2.15. The third-order valence-corrected chi connectivity index (χ3v) is 1.72. The van der Waals surface area contributed by atoms with Crippen molar-refractivity contribution in [1.82, 2.24) is 0 Å². The summed E-state index contributed by atoms with van der Waals surface area (Å²) in [4.78, 5) is 9.77. The summed E-state index contributed by atoms with van der Waals surface area (Å²) >= 11 is 0. The summed E-state index contributed by atoms with van der Waals surface area (Å²) in [6, 6.07) is 4.00. The number of nitro groups is 1. The van der Waals surface area contributed by atoms with E-state index >= 15 is 0 Å². The molecule has 0 spiro atoms. The molecule has 5 heteroatoms. The first kappa shape index (κ1) is 9.00. The van der Waals surface area contributed by atoms with Gasteiger partial charge in [-0.15, -0.1) is 0 Å². The van der Waals surface area contributed by atoms with Crippen LogP contribution >= 0.6 is 0 Å². The molecule has 1 rings (SSSR count). The Bertz CT molecular complexity index is 407. The van der Waals surface area contributed by atoms with Crippen LogP contribution in [0.2, 0.25) is 0 Å². The van der Waals surface area contributed by atoms with E-state index in [1.54, 1.807) is 6.07 Å². The zero-order valence-electron chi connectivity index (χ0n) is 6.81. The monoisotopic (exact) mass is 178 g/mol. The number of rotatable bonds is 1. The number of nitriles is 1. The van der Waals surface area contributed by atoms with E-state index in [9.17, 15) is 10.1 Å². The second-order valence-electron chi connectivity index (χ2n) is 2.47. The molecule has 1 aromatic carbocycles. The number of nitrogens with zero attached hydrogens (tertiary/aromatic N) is 2. The van der Waals surface area contributed by atoms with Gasteiger partial charge in [0.25, 0.3) is 5.69 Å². The number of phenols is 1. The maximum Gasteiger partial charge on any atom is 0.287 e. The van der Waals surface area contributed by atoms with Gasteiger partial charge in [-0.05, 0) is 13.0 Å². The molecular weight excluding hydrogens is 172 g/mol. The minimum atomic E-state index is -0.648. The average Bonchev–Trinajstić information content (AvgIpc) is 2.09. The highest BCUT2D eigenvalue weighted by Crippen LogP contribution is 2.27. The van der Waals surface area contributed by atoms with E-state index < -0.39 is 4.92 Å². The van der Waals surface area contributed by atoms with Gasteiger partial charge in [0.2, 0.25) is 0 Å². The lowest BCUT2D eigenvalue weighted by Gasteiger charge is -2.00. The molecule has 0 radical (unpaired) electrons. The molecule has 0 amide bonds. The normalized spacial score (nSPS) is 9.23. The van der Waals surface area contributed by atoms with Crippen LogP contribution < -0.4 is 0 Å². The fraction of sp³-hybridized carbons (Fsp3) is 0.125. The number of hydrogen-bond donors (Lipinski definition) is 1. The Hall–Kier alpha value is -2.09. The highest BCUT2D eigenvalue weighted by molar-refractivity contribution is 5.57. The third-order valence-electron chi connectivity index (χ3n) is 1.72. The molecule has 0 aliphatic rings. The van der Waals surface area contributed by atoms with E-state index in [1.165, 1.54) is 13.0 Å². The Morgan fingerprint density at radius 3 is 2.69 bits per heavy atom. The molecule has 1 aromatic rings. The summed E-state index contributed by atoms with van der Waals surface area (Å²) < 4.78 is 0. The van der Waals surface area contributed by atoms with Crippen LogP contribution in [0.25, 0.3) is 0 Å². The molecule has 0 atom stereocenters. The molecular formula is C8H6N2O3. The lowest BCUT2D eigenvalue weighted by Crippen LogP contribution is -1.94. The molecule has 66 valence electrons. The number of phenolic OH excluding ortho intramolecular Hbond substituents is 1. The van der Waals surface area contributed by atoms with Crippen molar-refractivity contribution in [3.05, 3.63) is 33.4 Å². The highest BCUT2D eigenvalue weighted by Gasteiger charge is 2.17. The molecule has 0 bridgehead atoms. The summed E-state index contributed by atoms with van der Waals surface area (Å²) in [5.74, 6) is -0.109. The predicted octanol–water partition coefficient (Wildman–Crippen LogP) is 1.48. The Balaban J connectivity index is 3.50. The maximum absolute atomic E-state index is 10.4. The van der Waals surface area contributed by atoms with E-state index in [-0.39, 0.29) is 22.6 Å². The van der Waals surface area contributed by atoms with Crippen molar-refractivity contribution in [3.63, 3.8) is 0 Å². The molecule has 0 fully saturated rings. The Morgan fingerprint density at radius 1 is 1.62 bits per heavy atom. The van der Waals surface area contributed by atoms with Gasteiger partial charge in [-0.2, -0.15) is 5.26 Å². The van der Waals surface area contributed by atoms with Gasteiger partial charge in [0.1, 0.15) is 17.4 Å². The van der Waals surface area contributed by atoms with Crippen molar-refractivity contribution in [3.8, 4) is 11.8 Å². The molecule has 0 saturated carbocycles. The van der Waals surface area contributed by atoms with Crippen molar-refractivity contribution in [2.75, 3.05) is 0 Å². The van der Waals surface area contributed by atoms with Crippen molar-refractivity contribution < 1.29 is 10.0 Å². The Labute approximate surface area is 74.0 Å². The number of nitro benzene ring substituents is 1. The molecule has 0 aliphatic heterocycles. The number of aromatic hydroxyl groups is 1. The average molecular weight is 178 g/mol. The zero-order chi connectivity index (χ0) is 10.0. The van der Waals surface area contributed by atoms with Crippen LogP contribution in [0, 0.1) is 28.4 Å².